The SMILES string of the molecule is CCNC(=O)c1cc(F)cc(C2CCNCC2)c1.Cl. The van der Waals surface area contributed by atoms with Crippen molar-refractivity contribution in [1.29, 1.82) is 0 Å². The van der Waals surface area contributed by atoms with Crippen molar-refractivity contribution in [2.24, 2.45) is 0 Å². The van der Waals surface area contributed by atoms with E-state index in [0.29, 0.717) is 18.0 Å². The lowest BCUT2D eigenvalue weighted by Gasteiger charge is -2.23. The fourth-order valence-electron chi connectivity index (χ4n) is 2.40. The standard InChI is InChI=1S/C14H19FN2O.ClH/c1-2-17-14(18)12-7-11(8-13(15)9-12)10-3-5-16-6-4-10;/h7-10,16H,2-6H2,1H3,(H,17,18);1H. The Balaban J connectivity index is 0.00000180. The van der Waals surface area contributed by atoms with Crippen molar-refractivity contribution in [1.82, 2.24) is 10.6 Å². The van der Waals surface area contributed by atoms with E-state index in [4.69, 9.17) is 0 Å². The second-order valence-electron chi connectivity index (χ2n) is 4.66. The van der Waals surface area contributed by atoms with Gasteiger partial charge in [-0.05, 0) is 62.5 Å². The van der Waals surface area contributed by atoms with Gasteiger partial charge in [0.05, 0.1) is 0 Å². The van der Waals surface area contributed by atoms with E-state index in [0.717, 1.165) is 31.5 Å². The molecule has 1 amide bonds. The molecule has 1 heterocycles. The van der Waals surface area contributed by atoms with E-state index in [-0.39, 0.29) is 24.1 Å². The molecular weight excluding hydrogens is 267 g/mol. The van der Waals surface area contributed by atoms with Crippen LogP contribution in [0.1, 0.15) is 41.6 Å². The number of benzene rings is 1. The molecule has 106 valence electrons. The summed E-state index contributed by atoms with van der Waals surface area (Å²) in [7, 11) is 0. The topological polar surface area (TPSA) is 41.1 Å². The van der Waals surface area contributed by atoms with Crippen LogP contribution in [-0.4, -0.2) is 25.5 Å². The summed E-state index contributed by atoms with van der Waals surface area (Å²) < 4.78 is 13.6. The second-order valence-corrected chi connectivity index (χ2v) is 4.66. The van der Waals surface area contributed by atoms with E-state index in [1.165, 1.54) is 6.07 Å². The first-order valence-corrected chi connectivity index (χ1v) is 6.50. The molecule has 1 aliphatic rings. The normalized spacial score (nSPS) is 15.7. The van der Waals surface area contributed by atoms with Crippen LogP contribution in [0.3, 0.4) is 0 Å². The molecule has 0 aromatic heterocycles. The number of carbonyl (C=O) groups is 1. The smallest absolute Gasteiger partial charge is 0.251 e. The van der Waals surface area contributed by atoms with Crippen LogP contribution in [0, 0.1) is 5.82 Å². The van der Waals surface area contributed by atoms with E-state index in [1.54, 1.807) is 6.07 Å². The van der Waals surface area contributed by atoms with Crippen LogP contribution in [0.25, 0.3) is 0 Å². The maximum absolute atomic E-state index is 13.6. The Morgan fingerprint density at radius 2 is 2.05 bits per heavy atom. The second kappa shape index (κ2) is 7.46. The van der Waals surface area contributed by atoms with Crippen LogP contribution in [0.15, 0.2) is 18.2 Å². The van der Waals surface area contributed by atoms with Gasteiger partial charge < -0.3 is 10.6 Å². The van der Waals surface area contributed by atoms with Crippen molar-refractivity contribution in [2.75, 3.05) is 19.6 Å². The van der Waals surface area contributed by atoms with Gasteiger partial charge in [0.2, 0.25) is 0 Å². The molecule has 19 heavy (non-hydrogen) atoms. The van der Waals surface area contributed by atoms with Crippen LogP contribution >= 0.6 is 12.4 Å². The molecule has 1 fully saturated rings. The van der Waals surface area contributed by atoms with Crippen LogP contribution < -0.4 is 10.6 Å². The molecule has 5 heteroatoms. The maximum Gasteiger partial charge on any atom is 0.251 e. The molecule has 0 atom stereocenters. The van der Waals surface area contributed by atoms with Crippen LogP contribution in [-0.2, 0) is 0 Å². The highest BCUT2D eigenvalue weighted by atomic mass is 35.5. The average Bonchev–Trinajstić information content (AvgIpc) is 2.39. The largest absolute Gasteiger partial charge is 0.352 e. The zero-order chi connectivity index (χ0) is 13.0. The van der Waals surface area contributed by atoms with Crippen molar-refractivity contribution >= 4 is 18.3 Å². The Bertz CT molecular complexity index is 433. The summed E-state index contributed by atoms with van der Waals surface area (Å²) in [6, 6.07) is 4.68. The molecule has 1 saturated heterocycles. The number of halogens is 2. The Labute approximate surface area is 119 Å². The number of hydrogen-bond acceptors (Lipinski definition) is 2. The molecule has 0 unspecified atom stereocenters. The van der Waals surface area contributed by atoms with Crippen molar-refractivity contribution in [3.63, 3.8) is 0 Å². The number of piperidine rings is 1. The van der Waals surface area contributed by atoms with Gasteiger partial charge in [0.25, 0.3) is 5.91 Å². The Kier molecular flexibility index (Phi) is 6.25. The van der Waals surface area contributed by atoms with Crippen molar-refractivity contribution in [2.45, 2.75) is 25.7 Å². The Morgan fingerprint density at radius 1 is 1.37 bits per heavy atom. The quantitative estimate of drug-likeness (QED) is 0.896. The summed E-state index contributed by atoms with van der Waals surface area (Å²) >= 11 is 0. The van der Waals surface area contributed by atoms with Crippen LogP contribution in [0.4, 0.5) is 4.39 Å². The Hall–Kier alpha value is -1.13. The first kappa shape index (κ1) is 15.9. The van der Waals surface area contributed by atoms with Gasteiger partial charge in [-0.15, -0.1) is 12.4 Å². The molecule has 0 saturated carbocycles. The zero-order valence-electron chi connectivity index (χ0n) is 11.0. The van der Waals surface area contributed by atoms with Crippen molar-refractivity contribution in [3.8, 4) is 0 Å². The molecule has 3 nitrogen and oxygen atoms in total. The Morgan fingerprint density at radius 3 is 2.68 bits per heavy atom. The van der Waals surface area contributed by atoms with Gasteiger partial charge >= 0.3 is 0 Å². The fraction of sp³-hybridized carbons (Fsp3) is 0.500. The molecule has 0 aliphatic carbocycles. The van der Waals surface area contributed by atoms with Crippen LogP contribution in [0.5, 0.6) is 0 Å². The van der Waals surface area contributed by atoms with Gasteiger partial charge in [-0.1, -0.05) is 0 Å². The molecular formula is C14H20ClFN2O. The monoisotopic (exact) mass is 286 g/mol. The minimum atomic E-state index is -0.327. The molecule has 0 radical (unpaired) electrons. The summed E-state index contributed by atoms with van der Waals surface area (Å²) in [5.74, 6) is -0.172. The van der Waals surface area contributed by atoms with Crippen LogP contribution in [0.2, 0.25) is 0 Å². The summed E-state index contributed by atoms with van der Waals surface area (Å²) in [5.41, 5.74) is 1.36. The van der Waals surface area contributed by atoms with Gasteiger partial charge in [-0.3, -0.25) is 4.79 Å². The summed E-state index contributed by atoms with van der Waals surface area (Å²) in [4.78, 5) is 11.7. The highest BCUT2D eigenvalue weighted by Gasteiger charge is 2.17. The molecule has 1 aromatic carbocycles. The summed E-state index contributed by atoms with van der Waals surface area (Å²) in [6.45, 7) is 4.32. The first-order valence-electron chi connectivity index (χ1n) is 6.50. The van der Waals surface area contributed by atoms with Gasteiger partial charge in [0.15, 0.2) is 0 Å². The number of rotatable bonds is 3. The number of hydrogen-bond donors (Lipinski definition) is 2. The predicted molar refractivity (Wildman–Crippen MR) is 76.5 cm³/mol. The third kappa shape index (κ3) is 4.18. The molecule has 2 rings (SSSR count). The van der Waals surface area contributed by atoms with E-state index < -0.39 is 0 Å². The lowest BCUT2D eigenvalue weighted by atomic mass is 9.89. The lowest BCUT2D eigenvalue weighted by molar-refractivity contribution is 0.0955. The maximum atomic E-state index is 13.6. The van der Waals surface area contributed by atoms with E-state index in [2.05, 4.69) is 10.6 Å². The number of amides is 1. The van der Waals surface area contributed by atoms with Crippen molar-refractivity contribution in [3.05, 3.63) is 35.1 Å². The number of nitrogens with one attached hydrogen (secondary N) is 2. The zero-order valence-corrected chi connectivity index (χ0v) is 11.9. The lowest BCUT2D eigenvalue weighted by Crippen LogP contribution is -2.27. The van der Waals surface area contributed by atoms with Crippen molar-refractivity contribution < 1.29 is 9.18 Å². The fourth-order valence-corrected chi connectivity index (χ4v) is 2.40. The van der Waals surface area contributed by atoms with E-state index in [1.807, 2.05) is 13.0 Å². The summed E-state index contributed by atoms with van der Waals surface area (Å²) in [5, 5.41) is 5.98. The third-order valence-corrected chi connectivity index (χ3v) is 3.33. The van der Waals surface area contributed by atoms with E-state index >= 15 is 0 Å². The van der Waals surface area contributed by atoms with E-state index in [9.17, 15) is 9.18 Å². The minimum Gasteiger partial charge on any atom is -0.352 e. The molecule has 2 N–H and O–H groups in total. The average molecular weight is 287 g/mol. The minimum absolute atomic E-state index is 0. The highest BCUT2D eigenvalue weighted by molar-refractivity contribution is 5.94. The molecule has 1 aromatic rings. The number of carbonyl (C=O) groups excluding carboxylic acids is 1. The van der Waals surface area contributed by atoms with Gasteiger partial charge in [0, 0.05) is 12.1 Å². The summed E-state index contributed by atoms with van der Waals surface area (Å²) in [6.07, 6.45) is 2.00. The molecule has 1 aliphatic heterocycles. The third-order valence-electron chi connectivity index (χ3n) is 3.33. The highest BCUT2D eigenvalue weighted by Crippen LogP contribution is 2.26. The van der Waals surface area contributed by atoms with Gasteiger partial charge in [-0.2, -0.15) is 0 Å². The predicted octanol–water partition coefficient (Wildman–Crippen LogP) is 2.46. The molecule has 0 bridgehead atoms. The van der Waals surface area contributed by atoms with Gasteiger partial charge in [-0.25, -0.2) is 4.39 Å². The first-order chi connectivity index (χ1) is 8.70. The molecule has 0 spiro atoms. The van der Waals surface area contributed by atoms with Gasteiger partial charge in [0.1, 0.15) is 5.82 Å².